The first-order valence-electron chi connectivity index (χ1n) is 8.45. The summed E-state index contributed by atoms with van der Waals surface area (Å²) in [6, 6.07) is 7.44. The average Bonchev–Trinajstić information content (AvgIpc) is 2.63. The lowest BCUT2D eigenvalue weighted by atomic mass is 9.80. The van der Waals surface area contributed by atoms with Crippen molar-refractivity contribution in [3.8, 4) is 11.6 Å². The minimum absolute atomic E-state index is 0.260. The maximum atomic E-state index is 12.1. The molecule has 0 saturated heterocycles. The number of pyridine rings is 1. The van der Waals surface area contributed by atoms with Gasteiger partial charge in [0.05, 0.1) is 36.5 Å². The first-order chi connectivity index (χ1) is 12.5. The highest BCUT2D eigenvalue weighted by molar-refractivity contribution is 5.94. The molecule has 1 aliphatic rings. The average molecular weight is 354 g/mol. The van der Waals surface area contributed by atoms with Gasteiger partial charge in [0.2, 0.25) is 5.88 Å². The molecule has 0 aliphatic carbocycles. The number of para-hydroxylation sites is 1. The van der Waals surface area contributed by atoms with Gasteiger partial charge in [-0.25, -0.2) is 9.78 Å². The fourth-order valence-electron chi connectivity index (χ4n) is 3.41. The summed E-state index contributed by atoms with van der Waals surface area (Å²) in [5.74, 6) is -0.474. The molecule has 0 saturated carbocycles. The van der Waals surface area contributed by atoms with Gasteiger partial charge in [-0.2, -0.15) is 0 Å². The first kappa shape index (κ1) is 17.8. The molecule has 3 rings (SSSR count). The van der Waals surface area contributed by atoms with Crippen LogP contribution in [0.3, 0.4) is 0 Å². The molecule has 0 fully saturated rings. The topological polar surface area (TPSA) is 80.7 Å². The molecule has 0 radical (unpaired) electrons. The molecule has 0 amide bonds. The van der Waals surface area contributed by atoms with Crippen molar-refractivity contribution in [2.24, 2.45) is 0 Å². The molecular formula is C20H22N2O4. The summed E-state index contributed by atoms with van der Waals surface area (Å²) in [6.07, 6.45) is 1.73. The normalized spacial score (nSPS) is 15.9. The van der Waals surface area contributed by atoms with Gasteiger partial charge < -0.3 is 19.9 Å². The van der Waals surface area contributed by atoms with Gasteiger partial charge in [-0.3, -0.25) is 0 Å². The molecular weight excluding hydrogens is 332 g/mol. The maximum Gasteiger partial charge on any atom is 0.334 e. The number of carboxylic acid groups (broad SMARTS) is 1. The van der Waals surface area contributed by atoms with E-state index in [0.29, 0.717) is 23.9 Å². The van der Waals surface area contributed by atoms with E-state index in [1.165, 1.54) is 0 Å². The number of methoxy groups -OCH3 is 1. The molecule has 0 unspecified atom stereocenters. The number of aliphatic carboxylic acids is 1. The molecule has 1 aliphatic heterocycles. The molecule has 2 N–H and O–H groups in total. The Kier molecular flexibility index (Phi) is 4.84. The minimum atomic E-state index is -0.986. The highest BCUT2D eigenvalue weighted by Crippen LogP contribution is 2.48. The van der Waals surface area contributed by atoms with Crippen LogP contribution in [0.15, 0.2) is 41.7 Å². The van der Waals surface area contributed by atoms with E-state index in [1.807, 2.05) is 38.1 Å². The smallest absolute Gasteiger partial charge is 0.334 e. The van der Waals surface area contributed by atoms with Crippen molar-refractivity contribution in [1.29, 1.82) is 0 Å². The van der Waals surface area contributed by atoms with Crippen LogP contribution >= 0.6 is 0 Å². The van der Waals surface area contributed by atoms with Crippen molar-refractivity contribution in [3.63, 3.8) is 0 Å². The maximum absolute atomic E-state index is 12.1. The van der Waals surface area contributed by atoms with E-state index in [0.717, 1.165) is 22.4 Å². The predicted octanol–water partition coefficient (Wildman–Crippen LogP) is 3.71. The van der Waals surface area contributed by atoms with Gasteiger partial charge in [0.1, 0.15) is 5.75 Å². The van der Waals surface area contributed by atoms with Gasteiger partial charge in [0.25, 0.3) is 0 Å². The summed E-state index contributed by atoms with van der Waals surface area (Å²) in [6.45, 7) is 6.02. The van der Waals surface area contributed by atoms with E-state index in [4.69, 9.17) is 9.47 Å². The van der Waals surface area contributed by atoms with E-state index in [-0.39, 0.29) is 5.57 Å². The number of hydrogen-bond donors (Lipinski definition) is 2. The number of benzene rings is 1. The van der Waals surface area contributed by atoms with Crippen LogP contribution in [0.25, 0.3) is 0 Å². The number of rotatable bonds is 5. The third-order valence-electron chi connectivity index (χ3n) is 4.52. The molecule has 6 nitrogen and oxygen atoms in total. The lowest BCUT2D eigenvalue weighted by Gasteiger charge is -2.31. The molecule has 1 aromatic heterocycles. The Morgan fingerprint density at radius 2 is 2.04 bits per heavy atom. The highest BCUT2D eigenvalue weighted by atomic mass is 16.5. The van der Waals surface area contributed by atoms with Gasteiger partial charge in [0, 0.05) is 17.5 Å². The van der Waals surface area contributed by atoms with Crippen LogP contribution in [-0.4, -0.2) is 29.8 Å². The van der Waals surface area contributed by atoms with Gasteiger partial charge in [-0.1, -0.05) is 18.2 Å². The fraction of sp³-hybridized carbons (Fsp3) is 0.300. The number of carboxylic acids is 1. The number of nitrogens with one attached hydrogen (secondary N) is 1. The quantitative estimate of drug-likeness (QED) is 0.852. The Bertz CT molecular complexity index is 889. The number of hydrogen-bond acceptors (Lipinski definition) is 5. The van der Waals surface area contributed by atoms with Gasteiger partial charge in [-0.05, 0) is 32.4 Å². The van der Waals surface area contributed by atoms with Crippen molar-refractivity contribution in [3.05, 3.63) is 58.4 Å². The second-order valence-electron chi connectivity index (χ2n) is 6.11. The summed E-state index contributed by atoms with van der Waals surface area (Å²) < 4.78 is 11.3. The number of carbonyl (C=O) groups is 1. The molecule has 6 heteroatoms. The number of ether oxygens (including phenoxy) is 2. The van der Waals surface area contributed by atoms with Crippen LogP contribution in [0.1, 0.15) is 36.5 Å². The van der Waals surface area contributed by atoms with E-state index in [9.17, 15) is 9.90 Å². The monoisotopic (exact) mass is 354 g/mol. The molecule has 136 valence electrons. The lowest BCUT2D eigenvalue weighted by molar-refractivity contribution is -0.133. The number of fused-ring (bicyclic) bond motifs is 1. The van der Waals surface area contributed by atoms with Crippen molar-refractivity contribution < 1.29 is 19.4 Å². The van der Waals surface area contributed by atoms with Gasteiger partial charge in [0.15, 0.2) is 0 Å². The molecule has 2 heterocycles. The van der Waals surface area contributed by atoms with Crippen molar-refractivity contribution >= 4 is 11.7 Å². The Morgan fingerprint density at radius 3 is 2.69 bits per heavy atom. The Balaban J connectivity index is 2.36. The van der Waals surface area contributed by atoms with E-state index >= 15 is 0 Å². The first-order valence-corrected chi connectivity index (χ1v) is 8.45. The molecule has 1 aromatic carbocycles. The zero-order chi connectivity index (χ0) is 18.8. The lowest BCUT2D eigenvalue weighted by Crippen LogP contribution is -2.25. The van der Waals surface area contributed by atoms with Crippen molar-refractivity contribution in [2.75, 3.05) is 19.0 Å². The van der Waals surface area contributed by atoms with Crippen LogP contribution in [0.5, 0.6) is 11.6 Å². The molecule has 2 aromatic rings. The SMILES string of the molecule is CCOc1ncc(C)c2c1[C@H](c1ccccc1OC)C(C(=O)O)=C(C)N2. The number of nitrogens with zero attached hydrogens (tertiary/aromatic N) is 1. The van der Waals surface area contributed by atoms with E-state index in [2.05, 4.69) is 10.3 Å². The van der Waals surface area contributed by atoms with Gasteiger partial charge >= 0.3 is 5.97 Å². The van der Waals surface area contributed by atoms with Crippen LogP contribution in [0.2, 0.25) is 0 Å². The second kappa shape index (κ2) is 7.07. The van der Waals surface area contributed by atoms with Crippen molar-refractivity contribution in [1.82, 2.24) is 4.98 Å². The number of aromatic nitrogens is 1. The zero-order valence-electron chi connectivity index (χ0n) is 15.3. The number of allylic oxidation sites excluding steroid dienone is 1. The van der Waals surface area contributed by atoms with E-state index in [1.54, 1.807) is 20.2 Å². The molecule has 26 heavy (non-hydrogen) atoms. The van der Waals surface area contributed by atoms with Crippen LogP contribution in [0.4, 0.5) is 5.69 Å². The fourth-order valence-corrected chi connectivity index (χ4v) is 3.41. The third-order valence-corrected chi connectivity index (χ3v) is 4.52. The summed E-state index contributed by atoms with van der Waals surface area (Å²) in [5.41, 5.74) is 4.10. The molecule has 0 spiro atoms. The third kappa shape index (κ3) is 2.87. The Labute approximate surface area is 152 Å². The van der Waals surface area contributed by atoms with Crippen molar-refractivity contribution in [2.45, 2.75) is 26.7 Å². The number of aryl methyl sites for hydroxylation is 1. The van der Waals surface area contributed by atoms with Gasteiger partial charge in [-0.15, -0.1) is 0 Å². The highest BCUT2D eigenvalue weighted by Gasteiger charge is 2.37. The zero-order valence-corrected chi connectivity index (χ0v) is 15.3. The standard InChI is InChI=1S/C20H22N2O4/c1-5-26-19-17-16(13-8-6-7-9-14(13)25-4)15(20(23)24)12(3)22-18(17)11(2)10-21-19/h6-10,16,22H,5H2,1-4H3,(H,23,24)/t16-/m1/s1. The van der Waals surface area contributed by atoms with Crippen LogP contribution in [0, 0.1) is 6.92 Å². The summed E-state index contributed by atoms with van der Waals surface area (Å²) in [7, 11) is 1.58. The summed E-state index contributed by atoms with van der Waals surface area (Å²) >= 11 is 0. The minimum Gasteiger partial charge on any atom is -0.496 e. The summed E-state index contributed by atoms with van der Waals surface area (Å²) in [5, 5.41) is 13.2. The predicted molar refractivity (Wildman–Crippen MR) is 98.9 cm³/mol. The van der Waals surface area contributed by atoms with E-state index < -0.39 is 11.9 Å². The Hall–Kier alpha value is -3.02. The Morgan fingerprint density at radius 1 is 1.31 bits per heavy atom. The molecule has 0 bridgehead atoms. The summed E-state index contributed by atoms with van der Waals surface area (Å²) in [4.78, 5) is 16.5. The van der Waals surface area contributed by atoms with Crippen LogP contribution in [-0.2, 0) is 4.79 Å². The largest absolute Gasteiger partial charge is 0.496 e. The molecule has 1 atom stereocenters. The number of anilines is 1. The second-order valence-corrected chi connectivity index (χ2v) is 6.11. The van der Waals surface area contributed by atoms with Crippen LogP contribution < -0.4 is 14.8 Å².